The first-order valence-corrected chi connectivity index (χ1v) is 11.4. The monoisotopic (exact) mass is 448 g/mol. The highest BCUT2D eigenvalue weighted by atomic mass is 32.1. The minimum absolute atomic E-state index is 0.0373. The summed E-state index contributed by atoms with van der Waals surface area (Å²) in [6.07, 6.45) is 4.21. The number of hydrogen-bond donors (Lipinski definition) is 0. The van der Waals surface area contributed by atoms with Crippen LogP contribution in [0, 0.1) is 6.92 Å². The second-order valence-corrected chi connectivity index (χ2v) is 8.70. The first kappa shape index (κ1) is 20.4. The number of amides is 1. The highest BCUT2D eigenvalue weighted by Gasteiger charge is 2.24. The number of rotatable bonds is 4. The maximum atomic E-state index is 12.8. The van der Waals surface area contributed by atoms with Crippen LogP contribution >= 0.6 is 11.3 Å². The number of carbonyl (C=O) groups excluding carboxylic acids is 1. The molecule has 0 saturated carbocycles. The highest BCUT2D eigenvalue weighted by Crippen LogP contribution is 2.33. The van der Waals surface area contributed by atoms with E-state index in [9.17, 15) is 4.79 Å². The van der Waals surface area contributed by atoms with Gasteiger partial charge < -0.3 is 14.5 Å². The molecule has 1 aliphatic heterocycles. The maximum Gasteiger partial charge on any atom is 0.255 e. The summed E-state index contributed by atoms with van der Waals surface area (Å²) in [7, 11) is 1.66. The van der Waals surface area contributed by atoms with Gasteiger partial charge in [0.25, 0.3) is 5.91 Å². The minimum Gasteiger partial charge on any atom is -0.497 e. The normalized spacial score (nSPS) is 14.6. The summed E-state index contributed by atoms with van der Waals surface area (Å²) in [6.45, 7) is 5.01. The van der Waals surface area contributed by atoms with Gasteiger partial charge in [-0.1, -0.05) is 11.3 Å². The molecule has 0 N–H and O–H groups in total. The molecule has 4 heterocycles. The van der Waals surface area contributed by atoms with Crippen molar-refractivity contribution in [3.8, 4) is 11.4 Å². The van der Waals surface area contributed by atoms with Gasteiger partial charge in [0.2, 0.25) is 0 Å². The van der Waals surface area contributed by atoms with Gasteiger partial charge in [-0.2, -0.15) is 10.1 Å². The number of carbonyl (C=O) groups is 1. The van der Waals surface area contributed by atoms with E-state index in [0.29, 0.717) is 12.1 Å². The molecule has 32 heavy (non-hydrogen) atoms. The highest BCUT2D eigenvalue weighted by molar-refractivity contribution is 7.22. The Morgan fingerprint density at radius 1 is 1.09 bits per heavy atom. The number of fused-ring (bicyclic) bond motifs is 1. The van der Waals surface area contributed by atoms with Crippen molar-refractivity contribution in [1.29, 1.82) is 0 Å². The lowest BCUT2D eigenvalue weighted by molar-refractivity contribution is 0.0766. The van der Waals surface area contributed by atoms with E-state index < -0.39 is 0 Å². The van der Waals surface area contributed by atoms with E-state index in [0.717, 1.165) is 58.7 Å². The molecule has 8 nitrogen and oxygen atoms in total. The number of nitrogens with zero attached hydrogens (tertiary/aromatic N) is 6. The summed E-state index contributed by atoms with van der Waals surface area (Å²) < 4.78 is 8.24. The van der Waals surface area contributed by atoms with E-state index >= 15 is 0 Å². The Morgan fingerprint density at radius 3 is 2.69 bits per heavy atom. The van der Waals surface area contributed by atoms with Crippen LogP contribution in [0.25, 0.3) is 16.0 Å². The Labute approximate surface area is 190 Å². The molecule has 9 heteroatoms. The lowest BCUT2D eigenvalue weighted by Gasteiger charge is -2.21. The molecule has 4 aromatic rings. The Balaban J connectivity index is 1.37. The zero-order valence-corrected chi connectivity index (χ0v) is 18.9. The number of thiazole rings is 1. The van der Waals surface area contributed by atoms with Crippen molar-refractivity contribution in [3.63, 3.8) is 0 Å². The topological polar surface area (TPSA) is 76.4 Å². The number of methoxy groups -OCH3 is 1. The van der Waals surface area contributed by atoms with Gasteiger partial charge in [0.15, 0.2) is 10.8 Å². The second-order valence-electron chi connectivity index (χ2n) is 7.72. The third kappa shape index (κ3) is 3.80. The third-order valence-electron chi connectivity index (χ3n) is 5.66. The van der Waals surface area contributed by atoms with Crippen LogP contribution in [-0.4, -0.2) is 63.8 Å². The summed E-state index contributed by atoms with van der Waals surface area (Å²) in [5, 5.41) is 5.67. The van der Waals surface area contributed by atoms with Gasteiger partial charge in [-0.3, -0.25) is 9.78 Å². The van der Waals surface area contributed by atoms with Crippen molar-refractivity contribution >= 4 is 32.7 Å². The van der Waals surface area contributed by atoms with Crippen LogP contribution in [0.3, 0.4) is 0 Å². The Kier molecular flexibility index (Phi) is 5.48. The molecule has 1 amide bonds. The smallest absolute Gasteiger partial charge is 0.255 e. The molecule has 0 aliphatic carbocycles. The van der Waals surface area contributed by atoms with Gasteiger partial charge in [0.1, 0.15) is 5.75 Å². The predicted octanol–water partition coefficient (Wildman–Crippen LogP) is 3.55. The summed E-state index contributed by atoms with van der Waals surface area (Å²) in [6, 6.07) is 11.4. The first-order chi connectivity index (χ1) is 15.6. The van der Waals surface area contributed by atoms with Crippen molar-refractivity contribution in [2.24, 2.45) is 0 Å². The first-order valence-electron chi connectivity index (χ1n) is 10.6. The SMILES string of the molecule is COc1ccc(-n2nc(C)c3sc(N4CCCN(C(=O)c5cccnc5)CC4)nc32)cc1. The van der Waals surface area contributed by atoms with E-state index in [1.165, 1.54) is 0 Å². The average Bonchev–Trinajstić information content (AvgIpc) is 3.30. The lowest BCUT2D eigenvalue weighted by atomic mass is 10.2. The molecule has 0 radical (unpaired) electrons. The van der Waals surface area contributed by atoms with Crippen LogP contribution < -0.4 is 9.64 Å². The molecule has 164 valence electrons. The molecule has 0 unspecified atom stereocenters. The molecule has 0 atom stereocenters. The van der Waals surface area contributed by atoms with E-state index in [2.05, 4.69) is 9.88 Å². The molecule has 3 aromatic heterocycles. The van der Waals surface area contributed by atoms with Crippen LogP contribution in [0.5, 0.6) is 5.75 Å². The van der Waals surface area contributed by atoms with Crippen LogP contribution in [-0.2, 0) is 0 Å². The Bertz CT molecular complexity index is 1230. The number of pyridine rings is 1. The van der Waals surface area contributed by atoms with Crippen LogP contribution in [0.15, 0.2) is 48.8 Å². The van der Waals surface area contributed by atoms with Crippen LogP contribution in [0.1, 0.15) is 22.5 Å². The quantitative estimate of drug-likeness (QED) is 0.475. The molecule has 0 bridgehead atoms. The van der Waals surface area contributed by atoms with Gasteiger partial charge in [0, 0.05) is 38.6 Å². The van der Waals surface area contributed by atoms with Gasteiger partial charge in [-0.25, -0.2) is 4.68 Å². The van der Waals surface area contributed by atoms with Gasteiger partial charge in [-0.15, -0.1) is 0 Å². The molecule has 1 aliphatic rings. The zero-order valence-electron chi connectivity index (χ0n) is 18.1. The van der Waals surface area contributed by atoms with Crippen LogP contribution in [0.4, 0.5) is 5.13 Å². The number of benzene rings is 1. The van der Waals surface area contributed by atoms with E-state index in [1.54, 1.807) is 36.9 Å². The Morgan fingerprint density at radius 2 is 1.94 bits per heavy atom. The Hall–Kier alpha value is -3.46. The van der Waals surface area contributed by atoms with Crippen molar-refractivity contribution in [2.45, 2.75) is 13.3 Å². The van der Waals surface area contributed by atoms with Crippen molar-refractivity contribution in [1.82, 2.24) is 24.6 Å². The van der Waals surface area contributed by atoms with Gasteiger partial charge in [0.05, 0.1) is 28.8 Å². The molecule has 1 aromatic carbocycles. The summed E-state index contributed by atoms with van der Waals surface area (Å²) in [5.74, 6) is 0.845. The van der Waals surface area contributed by atoms with Gasteiger partial charge in [-0.05, 0) is 49.7 Å². The van der Waals surface area contributed by atoms with Gasteiger partial charge >= 0.3 is 0 Å². The largest absolute Gasteiger partial charge is 0.497 e. The van der Waals surface area contributed by atoms with E-state index in [-0.39, 0.29) is 5.91 Å². The molecular formula is C23H24N6O2S. The summed E-state index contributed by atoms with van der Waals surface area (Å²) >= 11 is 1.66. The molecule has 1 saturated heterocycles. The number of ether oxygens (including phenoxy) is 1. The standard InChI is InChI=1S/C23H24N6O2S/c1-16-20-21(29(26-16)18-6-8-19(31-2)9-7-18)25-23(32-20)28-12-4-11-27(13-14-28)22(30)17-5-3-10-24-15-17/h3,5-10,15H,4,11-14H2,1-2H3. The number of aryl methyl sites for hydroxylation is 1. The predicted molar refractivity (Wildman–Crippen MR) is 125 cm³/mol. The van der Waals surface area contributed by atoms with E-state index in [1.807, 2.05) is 46.8 Å². The summed E-state index contributed by atoms with van der Waals surface area (Å²) in [5.41, 5.74) is 3.41. The molecule has 5 rings (SSSR count). The second kappa shape index (κ2) is 8.58. The fourth-order valence-electron chi connectivity index (χ4n) is 3.95. The minimum atomic E-state index is 0.0373. The van der Waals surface area contributed by atoms with E-state index in [4.69, 9.17) is 14.8 Å². The lowest BCUT2D eigenvalue weighted by Crippen LogP contribution is -2.35. The fraction of sp³-hybridized carbons (Fsp3) is 0.304. The summed E-state index contributed by atoms with van der Waals surface area (Å²) in [4.78, 5) is 26.0. The zero-order chi connectivity index (χ0) is 22.1. The van der Waals surface area contributed by atoms with Crippen molar-refractivity contribution in [2.75, 3.05) is 38.2 Å². The van der Waals surface area contributed by atoms with Crippen LogP contribution in [0.2, 0.25) is 0 Å². The third-order valence-corrected chi connectivity index (χ3v) is 6.87. The molecular weight excluding hydrogens is 424 g/mol. The number of anilines is 1. The van der Waals surface area contributed by atoms with Crippen molar-refractivity contribution < 1.29 is 9.53 Å². The average molecular weight is 449 g/mol. The number of aromatic nitrogens is 4. The number of hydrogen-bond acceptors (Lipinski definition) is 7. The van der Waals surface area contributed by atoms with Crippen molar-refractivity contribution in [3.05, 3.63) is 60.0 Å². The molecule has 0 spiro atoms. The fourth-order valence-corrected chi connectivity index (χ4v) is 4.98. The molecule has 1 fully saturated rings. The maximum absolute atomic E-state index is 12.8.